The quantitative estimate of drug-likeness (QED) is 0.0706. The molecule has 32 heavy (non-hydrogen) atoms. The largest absolute Gasteiger partial charge is 1.00 e. The first-order valence-corrected chi connectivity index (χ1v) is 15.0. The van der Waals surface area contributed by atoms with E-state index >= 15 is 0 Å². The maximum Gasteiger partial charge on any atom is 1.00 e. The van der Waals surface area contributed by atoms with Crippen LogP contribution in [-0.2, 0) is 14.6 Å². The fraction of sp³-hybridized carbons (Fsp3) is 1.00. The normalized spacial score (nSPS) is 12.6. The number of hydrogen-bond donors (Lipinski definition) is 0. The van der Waals surface area contributed by atoms with Crippen molar-refractivity contribution in [2.45, 2.75) is 168 Å². The minimum Gasteiger partial charge on any atom is -0.726 e. The third kappa shape index (κ3) is 28.9. The molecule has 0 saturated carbocycles. The van der Waals surface area contributed by atoms with Crippen LogP contribution in [0, 0.1) is 0 Å². The minimum absolute atomic E-state index is 0. The molecule has 1 unspecified atom stereocenters. The molecule has 0 aromatic rings. The zero-order chi connectivity index (χ0) is 23.0. The molecule has 4 nitrogen and oxygen atoms in total. The second kappa shape index (κ2) is 26.5. The summed E-state index contributed by atoms with van der Waals surface area (Å²) in [5.41, 5.74) is 0. The molecule has 0 amide bonds. The summed E-state index contributed by atoms with van der Waals surface area (Å²) >= 11 is 0. The first kappa shape index (κ1) is 35.0. The monoisotopic (exact) mass is 484 g/mol. The van der Waals surface area contributed by atoms with Crippen molar-refractivity contribution in [1.82, 2.24) is 0 Å². The van der Waals surface area contributed by atoms with Crippen molar-refractivity contribution in [1.29, 1.82) is 0 Å². The average molecular weight is 485 g/mol. The predicted octanol–water partition coefficient (Wildman–Crippen LogP) is 5.85. The summed E-state index contributed by atoms with van der Waals surface area (Å²) in [7, 11) is -4.60. The van der Waals surface area contributed by atoms with Crippen molar-refractivity contribution in [2.75, 3.05) is 0 Å². The molecule has 0 rings (SSSR count). The Morgan fingerprint density at radius 2 is 0.781 bits per heavy atom. The van der Waals surface area contributed by atoms with E-state index in [1.807, 2.05) is 0 Å². The minimum atomic E-state index is -4.60. The Bertz CT molecular complexity index is 457. The summed E-state index contributed by atoms with van der Waals surface area (Å²) < 4.78 is 38.0. The zero-order valence-electron chi connectivity index (χ0n) is 21.9. The molecule has 0 bridgehead atoms. The van der Waals surface area contributed by atoms with Crippen molar-refractivity contribution < 1.29 is 46.7 Å². The third-order valence-corrected chi connectivity index (χ3v) is 6.77. The first-order valence-electron chi connectivity index (χ1n) is 13.6. The molecule has 0 N–H and O–H groups in total. The van der Waals surface area contributed by atoms with E-state index in [1.165, 1.54) is 109 Å². The Morgan fingerprint density at radius 1 is 0.531 bits per heavy atom. The van der Waals surface area contributed by atoms with Crippen LogP contribution in [0.4, 0.5) is 0 Å². The molecule has 0 saturated heterocycles. The van der Waals surface area contributed by atoms with Gasteiger partial charge in [-0.3, -0.25) is 4.18 Å². The van der Waals surface area contributed by atoms with Crippen molar-refractivity contribution in [2.24, 2.45) is 0 Å². The Hall–Kier alpha value is 0.870. The van der Waals surface area contributed by atoms with E-state index in [4.69, 9.17) is 4.18 Å². The molecule has 0 heterocycles. The second-order valence-corrected chi connectivity index (χ2v) is 10.4. The van der Waals surface area contributed by atoms with Crippen LogP contribution in [0.2, 0.25) is 0 Å². The maximum absolute atomic E-state index is 11.0. The Balaban J connectivity index is 0. The van der Waals surface area contributed by atoms with Crippen LogP contribution in [0.15, 0.2) is 0 Å². The van der Waals surface area contributed by atoms with Gasteiger partial charge in [-0.1, -0.05) is 149 Å². The van der Waals surface area contributed by atoms with Gasteiger partial charge in [-0.25, -0.2) is 8.42 Å². The molecule has 6 heteroatoms. The number of rotatable bonds is 25. The Morgan fingerprint density at radius 3 is 1.03 bits per heavy atom. The maximum atomic E-state index is 11.0. The van der Waals surface area contributed by atoms with E-state index in [-0.39, 0.29) is 29.6 Å². The van der Waals surface area contributed by atoms with Crippen molar-refractivity contribution in [3.8, 4) is 0 Å². The van der Waals surface area contributed by atoms with Crippen molar-refractivity contribution >= 4 is 10.4 Å². The standard InChI is InChI=1S/C26H54O4S.Na/c1-3-5-7-9-11-13-14-15-17-19-21-23-25-26(30-31(27,28)29)24-22-20-18-16-12-10-8-6-4-2;/h26H,3-25H2,1-2H3,(H,27,28,29);/q;+1/p-1. The van der Waals surface area contributed by atoms with Gasteiger partial charge in [0.05, 0.1) is 6.10 Å². The van der Waals surface area contributed by atoms with Gasteiger partial charge in [0.1, 0.15) is 0 Å². The van der Waals surface area contributed by atoms with Crippen LogP contribution in [-0.4, -0.2) is 19.1 Å². The fourth-order valence-electron chi connectivity index (χ4n) is 4.30. The van der Waals surface area contributed by atoms with E-state index in [9.17, 15) is 13.0 Å². The molecule has 0 aliphatic heterocycles. The second-order valence-electron chi connectivity index (χ2n) is 9.42. The van der Waals surface area contributed by atoms with Crippen molar-refractivity contribution in [3.05, 3.63) is 0 Å². The average Bonchev–Trinajstić information content (AvgIpc) is 2.72. The fourth-order valence-corrected chi connectivity index (χ4v) is 4.83. The van der Waals surface area contributed by atoms with Gasteiger partial charge in [-0.15, -0.1) is 0 Å². The van der Waals surface area contributed by atoms with E-state index in [1.54, 1.807) is 0 Å². The van der Waals surface area contributed by atoms with E-state index in [2.05, 4.69) is 13.8 Å². The molecule has 0 aromatic heterocycles. The SMILES string of the molecule is CCCCCCCCCCCCCCC(CCCCCCCCCCC)OS(=O)(=O)[O-].[Na+]. The van der Waals surface area contributed by atoms with Gasteiger partial charge in [0.2, 0.25) is 10.4 Å². The smallest absolute Gasteiger partial charge is 0.726 e. The molecular formula is C26H53NaO4S. The summed E-state index contributed by atoms with van der Waals surface area (Å²) in [5, 5.41) is 0. The van der Waals surface area contributed by atoms with Gasteiger partial charge in [-0.2, -0.15) is 0 Å². The molecule has 0 aliphatic rings. The molecule has 188 valence electrons. The van der Waals surface area contributed by atoms with Gasteiger partial charge < -0.3 is 4.55 Å². The van der Waals surface area contributed by atoms with Crippen LogP contribution in [0.3, 0.4) is 0 Å². The van der Waals surface area contributed by atoms with Crippen molar-refractivity contribution in [3.63, 3.8) is 0 Å². The Kier molecular flexibility index (Phi) is 29.0. The van der Waals surface area contributed by atoms with Crippen LogP contribution in [0.1, 0.15) is 162 Å². The molecule has 0 spiro atoms. The Labute approximate surface area is 223 Å². The van der Waals surface area contributed by atoms with Gasteiger partial charge in [-0.05, 0) is 12.8 Å². The number of hydrogen-bond acceptors (Lipinski definition) is 4. The summed E-state index contributed by atoms with van der Waals surface area (Å²) in [6.45, 7) is 4.49. The van der Waals surface area contributed by atoms with Gasteiger partial charge >= 0.3 is 29.6 Å². The topological polar surface area (TPSA) is 66.4 Å². The molecule has 0 fully saturated rings. The molecule has 0 radical (unpaired) electrons. The van der Waals surface area contributed by atoms with E-state index in [0.717, 1.165) is 25.7 Å². The molecule has 0 aliphatic carbocycles. The van der Waals surface area contributed by atoms with Gasteiger partial charge in [0.15, 0.2) is 0 Å². The molecule has 0 aromatic carbocycles. The summed E-state index contributed by atoms with van der Waals surface area (Å²) in [6.07, 6.45) is 27.4. The van der Waals surface area contributed by atoms with E-state index in [0.29, 0.717) is 12.8 Å². The van der Waals surface area contributed by atoms with Crippen LogP contribution in [0.25, 0.3) is 0 Å². The summed E-state index contributed by atoms with van der Waals surface area (Å²) in [6, 6.07) is 0. The summed E-state index contributed by atoms with van der Waals surface area (Å²) in [4.78, 5) is 0. The predicted molar refractivity (Wildman–Crippen MR) is 132 cm³/mol. The first-order chi connectivity index (χ1) is 15.0. The molecular weight excluding hydrogens is 431 g/mol. The van der Waals surface area contributed by atoms with E-state index < -0.39 is 16.5 Å². The summed E-state index contributed by atoms with van der Waals surface area (Å²) in [5.74, 6) is 0. The number of unbranched alkanes of at least 4 members (excludes halogenated alkanes) is 19. The van der Waals surface area contributed by atoms with Gasteiger partial charge in [0, 0.05) is 0 Å². The van der Waals surface area contributed by atoms with Gasteiger partial charge in [0.25, 0.3) is 0 Å². The van der Waals surface area contributed by atoms with Crippen LogP contribution in [0.5, 0.6) is 0 Å². The third-order valence-electron chi connectivity index (χ3n) is 6.26. The molecule has 1 atom stereocenters. The van der Waals surface area contributed by atoms with Crippen LogP contribution >= 0.6 is 0 Å². The van der Waals surface area contributed by atoms with Crippen LogP contribution < -0.4 is 29.6 Å². The zero-order valence-corrected chi connectivity index (χ0v) is 24.7.